The van der Waals surface area contributed by atoms with E-state index < -0.39 is 0 Å². The highest BCUT2D eigenvalue weighted by molar-refractivity contribution is 5.50. The van der Waals surface area contributed by atoms with Gasteiger partial charge in [0.25, 0.3) is 0 Å². The Hall–Kier alpha value is -2.17. The maximum Gasteiger partial charge on any atom is 0.118 e. The van der Waals surface area contributed by atoms with Crippen molar-refractivity contribution < 1.29 is 9.47 Å². The third-order valence-electron chi connectivity index (χ3n) is 4.39. The first-order valence-electron chi connectivity index (χ1n) is 8.88. The molecule has 4 nitrogen and oxygen atoms in total. The molecule has 1 aliphatic heterocycles. The smallest absolute Gasteiger partial charge is 0.118 e. The van der Waals surface area contributed by atoms with Gasteiger partial charge >= 0.3 is 0 Å². The highest BCUT2D eigenvalue weighted by Crippen LogP contribution is 2.15. The number of hydrogen-bond donors (Lipinski definition) is 0. The summed E-state index contributed by atoms with van der Waals surface area (Å²) in [5.74, 6) is 0.882. The van der Waals surface area contributed by atoms with Crippen molar-refractivity contribution in [3.63, 3.8) is 0 Å². The molecule has 0 radical (unpaired) electrons. The highest BCUT2D eigenvalue weighted by Gasteiger charge is 2.19. The predicted molar refractivity (Wildman–Crippen MR) is 101 cm³/mol. The van der Waals surface area contributed by atoms with E-state index in [0.29, 0.717) is 6.10 Å². The maximum absolute atomic E-state index is 5.81. The molecule has 1 aliphatic rings. The second-order valence-corrected chi connectivity index (χ2v) is 6.33. The Balaban J connectivity index is 1.60. The van der Waals surface area contributed by atoms with Crippen LogP contribution in [-0.2, 0) is 11.3 Å². The van der Waals surface area contributed by atoms with E-state index in [4.69, 9.17) is 9.47 Å². The Labute approximate surface area is 150 Å². The quantitative estimate of drug-likeness (QED) is 0.733. The van der Waals surface area contributed by atoms with E-state index in [1.165, 1.54) is 12.0 Å². The summed E-state index contributed by atoms with van der Waals surface area (Å²) in [7, 11) is 1.69. The van der Waals surface area contributed by atoms with Crippen LogP contribution in [0.1, 0.15) is 24.1 Å². The van der Waals surface area contributed by atoms with E-state index in [9.17, 15) is 0 Å². The van der Waals surface area contributed by atoms with E-state index >= 15 is 0 Å². The molecule has 4 heteroatoms. The molecule has 1 saturated heterocycles. The number of rotatable bonds is 8. The summed E-state index contributed by atoms with van der Waals surface area (Å²) >= 11 is 0. The van der Waals surface area contributed by atoms with Gasteiger partial charge in [-0.2, -0.15) is 0 Å². The molecule has 0 amide bonds. The molecule has 3 rings (SSSR count). The van der Waals surface area contributed by atoms with Crippen molar-refractivity contribution in [2.24, 2.45) is 0 Å². The van der Waals surface area contributed by atoms with Gasteiger partial charge in [-0.05, 0) is 42.7 Å². The molecular weight excluding hydrogens is 312 g/mol. The van der Waals surface area contributed by atoms with E-state index in [1.54, 1.807) is 7.11 Å². The van der Waals surface area contributed by atoms with Crippen molar-refractivity contribution in [1.29, 1.82) is 0 Å². The first-order valence-corrected chi connectivity index (χ1v) is 8.88. The average molecular weight is 338 g/mol. The topological polar surface area (TPSA) is 34.6 Å². The molecule has 25 heavy (non-hydrogen) atoms. The zero-order chi connectivity index (χ0) is 17.3. The molecule has 0 spiro atoms. The number of hydrogen-bond acceptors (Lipinski definition) is 4. The third kappa shape index (κ3) is 5.69. The van der Waals surface area contributed by atoms with Crippen LogP contribution in [0.25, 0.3) is 6.08 Å². The molecule has 1 aromatic heterocycles. The second-order valence-electron chi connectivity index (χ2n) is 6.33. The van der Waals surface area contributed by atoms with Crippen LogP contribution in [0, 0.1) is 0 Å². The lowest BCUT2D eigenvalue weighted by atomic mass is 10.2. The number of pyridine rings is 1. The largest absolute Gasteiger partial charge is 0.497 e. The fraction of sp³-hybridized carbons (Fsp3) is 0.381. The number of nitrogens with zero attached hydrogens (tertiary/aromatic N) is 2. The van der Waals surface area contributed by atoms with Gasteiger partial charge in [0.1, 0.15) is 5.75 Å². The van der Waals surface area contributed by atoms with Crippen LogP contribution < -0.4 is 4.74 Å². The molecule has 0 bridgehead atoms. The molecule has 1 fully saturated rings. The lowest BCUT2D eigenvalue weighted by Crippen LogP contribution is -2.32. The predicted octanol–water partition coefficient (Wildman–Crippen LogP) is 3.78. The van der Waals surface area contributed by atoms with Crippen LogP contribution in [0.4, 0.5) is 0 Å². The Morgan fingerprint density at radius 2 is 2.12 bits per heavy atom. The Morgan fingerprint density at radius 1 is 1.24 bits per heavy atom. The maximum atomic E-state index is 5.81. The molecule has 0 N–H and O–H groups in total. The number of methoxy groups -OCH3 is 1. The lowest BCUT2D eigenvalue weighted by molar-refractivity contribution is 0.0743. The Morgan fingerprint density at radius 3 is 2.80 bits per heavy atom. The van der Waals surface area contributed by atoms with Crippen LogP contribution in [-0.4, -0.2) is 42.8 Å². The van der Waals surface area contributed by atoms with Crippen LogP contribution in [0.2, 0.25) is 0 Å². The molecular formula is C21H26N2O2. The number of aromatic nitrogens is 1. The van der Waals surface area contributed by atoms with Crippen LogP contribution in [0.3, 0.4) is 0 Å². The summed E-state index contributed by atoms with van der Waals surface area (Å²) in [5.41, 5.74) is 2.27. The standard InChI is InChI=1S/C21H26N2O2/c1-24-20-11-9-18(10-12-20)6-4-14-23(17-21-8-5-15-25-21)16-19-7-2-3-13-22-19/h2-4,6-7,9-13,21H,5,8,14-17H2,1H3/b6-4+. The lowest BCUT2D eigenvalue weighted by Gasteiger charge is -2.23. The normalized spacial score (nSPS) is 17.4. The molecule has 1 atom stereocenters. The summed E-state index contributed by atoms with van der Waals surface area (Å²) in [4.78, 5) is 6.86. The van der Waals surface area contributed by atoms with E-state index in [0.717, 1.165) is 44.1 Å². The van der Waals surface area contributed by atoms with Gasteiger partial charge in [0.15, 0.2) is 0 Å². The fourth-order valence-electron chi connectivity index (χ4n) is 3.05. The Kier molecular flexibility index (Phi) is 6.60. The summed E-state index contributed by atoms with van der Waals surface area (Å²) in [6, 6.07) is 14.2. The van der Waals surface area contributed by atoms with Gasteiger partial charge in [-0.15, -0.1) is 0 Å². The SMILES string of the molecule is COc1ccc(/C=C/CN(Cc2ccccn2)CC2CCCO2)cc1. The average Bonchev–Trinajstić information content (AvgIpc) is 3.16. The van der Waals surface area contributed by atoms with Gasteiger partial charge in [-0.3, -0.25) is 9.88 Å². The third-order valence-corrected chi connectivity index (χ3v) is 4.39. The van der Waals surface area contributed by atoms with E-state index in [2.05, 4.69) is 40.2 Å². The van der Waals surface area contributed by atoms with Gasteiger partial charge in [0, 0.05) is 32.4 Å². The first-order chi connectivity index (χ1) is 12.3. The van der Waals surface area contributed by atoms with Gasteiger partial charge in [-0.1, -0.05) is 30.4 Å². The summed E-state index contributed by atoms with van der Waals surface area (Å²) < 4.78 is 11.0. The fourth-order valence-corrected chi connectivity index (χ4v) is 3.05. The molecule has 2 aromatic rings. The molecule has 0 saturated carbocycles. The van der Waals surface area contributed by atoms with Crippen molar-refractivity contribution in [3.05, 3.63) is 66.0 Å². The summed E-state index contributed by atoms with van der Waals surface area (Å²) in [6.07, 6.45) is 8.88. The molecule has 1 aromatic carbocycles. The van der Waals surface area contributed by atoms with Crippen molar-refractivity contribution in [1.82, 2.24) is 9.88 Å². The first kappa shape index (κ1) is 17.6. The minimum absolute atomic E-state index is 0.345. The minimum Gasteiger partial charge on any atom is -0.497 e. The molecule has 132 valence electrons. The zero-order valence-corrected chi connectivity index (χ0v) is 14.8. The van der Waals surface area contributed by atoms with Crippen LogP contribution in [0.15, 0.2) is 54.7 Å². The van der Waals surface area contributed by atoms with Gasteiger partial charge < -0.3 is 9.47 Å². The number of ether oxygens (including phenoxy) is 2. The van der Waals surface area contributed by atoms with E-state index in [-0.39, 0.29) is 0 Å². The van der Waals surface area contributed by atoms with Gasteiger partial charge in [-0.25, -0.2) is 0 Å². The van der Waals surface area contributed by atoms with Crippen LogP contribution in [0.5, 0.6) is 5.75 Å². The van der Waals surface area contributed by atoms with Crippen LogP contribution >= 0.6 is 0 Å². The Bertz CT molecular complexity index is 649. The summed E-state index contributed by atoms with van der Waals surface area (Å²) in [6.45, 7) is 3.56. The molecule has 1 unspecified atom stereocenters. The highest BCUT2D eigenvalue weighted by atomic mass is 16.5. The molecule has 0 aliphatic carbocycles. The molecule has 2 heterocycles. The number of benzene rings is 1. The second kappa shape index (κ2) is 9.35. The van der Waals surface area contributed by atoms with Gasteiger partial charge in [0.2, 0.25) is 0 Å². The van der Waals surface area contributed by atoms with Crippen molar-refractivity contribution >= 4 is 6.08 Å². The van der Waals surface area contributed by atoms with Crippen molar-refractivity contribution in [3.8, 4) is 5.75 Å². The minimum atomic E-state index is 0.345. The van der Waals surface area contributed by atoms with Crippen molar-refractivity contribution in [2.75, 3.05) is 26.8 Å². The zero-order valence-electron chi connectivity index (χ0n) is 14.8. The van der Waals surface area contributed by atoms with E-state index in [1.807, 2.05) is 30.5 Å². The monoisotopic (exact) mass is 338 g/mol. The van der Waals surface area contributed by atoms with Gasteiger partial charge in [0.05, 0.1) is 18.9 Å². The van der Waals surface area contributed by atoms with Crippen molar-refractivity contribution in [2.45, 2.75) is 25.5 Å². The summed E-state index contributed by atoms with van der Waals surface area (Å²) in [5, 5.41) is 0.